The van der Waals surface area contributed by atoms with Gasteiger partial charge < -0.3 is 5.11 Å². The molecule has 4 fully saturated rings. The first-order chi connectivity index (χ1) is 10.0. The van der Waals surface area contributed by atoms with Crippen LogP contribution in [0.3, 0.4) is 0 Å². The highest BCUT2D eigenvalue weighted by molar-refractivity contribution is 4.97. The van der Waals surface area contributed by atoms with Crippen LogP contribution in [0.15, 0.2) is 10.2 Å². The Labute approximate surface area is 128 Å². The van der Waals surface area contributed by atoms with Crippen molar-refractivity contribution >= 4 is 0 Å². The van der Waals surface area contributed by atoms with Crippen molar-refractivity contribution < 1.29 is 5.11 Å². The Balaban J connectivity index is 1.40. The van der Waals surface area contributed by atoms with E-state index in [1.165, 1.54) is 51.4 Å². The van der Waals surface area contributed by atoms with Crippen LogP contribution in [0.1, 0.15) is 65.2 Å². The molecule has 3 nitrogen and oxygen atoms in total. The molecule has 1 N–H and O–H groups in total. The monoisotopic (exact) mass is 290 g/mol. The Kier molecular flexibility index (Phi) is 3.40. The van der Waals surface area contributed by atoms with Gasteiger partial charge >= 0.3 is 0 Å². The molecule has 4 aliphatic rings. The number of azo groups is 1. The third kappa shape index (κ3) is 2.46. The lowest BCUT2D eigenvalue weighted by Gasteiger charge is -2.32. The smallest absolute Gasteiger partial charge is 0.176 e. The van der Waals surface area contributed by atoms with E-state index in [2.05, 4.69) is 17.2 Å². The highest BCUT2D eigenvalue weighted by atomic mass is 16.3. The molecule has 0 amide bonds. The van der Waals surface area contributed by atoms with E-state index in [-0.39, 0.29) is 0 Å². The Morgan fingerprint density at radius 2 is 1.62 bits per heavy atom. The maximum Gasteiger partial charge on any atom is 0.176 e. The van der Waals surface area contributed by atoms with Crippen molar-refractivity contribution in [2.75, 3.05) is 0 Å². The van der Waals surface area contributed by atoms with Gasteiger partial charge in [0.2, 0.25) is 0 Å². The van der Waals surface area contributed by atoms with Gasteiger partial charge in [-0.25, -0.2) is 0 Å². The fourth-order valence-electron chi connectivity index (χ4n) is 6.17. The molecule has 0 saturated heterocycles. The zero-order valence-corrected chi connectivity index (χ0v) is 13.5. The molecule has 4 aliphatic carbocycles. The summed E-state index contributed by atoms with van der Waals surface area (Å²) in [6.45, 7) is 4.11. The number of aliphatic hydroxyl groups is 1. The summed E-state index contributed by atoms with van der Waals surface area (Å²) in [4.78, 5) is 0. The summed E-state index contributed by atoms with van der Waals surface area (Å²) < 4.78 is 0. The minimum Gasteiger partial charge on any atom is -0.368 e. The Morgan fingerprint density at radius 3 is 2.14 bits per heavy atom. The quantitative estimate of drug-likeness (QED) is 0.766. The van der Waals surface area contributed by atoms with Crippen molar-refractivity contribution in [3.8, 4) is 0 Å². The highest BCUT2D eigenvalue weighted by Gasteiger charge is 2.48. The number of hydrogen-bond donors (Lipinski definition) is 1. The molecule has 21 heavy (non-hydrogen) atoms. The van der Waals surface area contributed by atoms with Crippen LogP contribution in [0.2, 0.25) is 0 Å². The normalized spacial score (nSPS) is 49.1. The lowest BCUT2D eigenvalue weighted by molar-refractivity contribution is -0.0245. The Bertz CT molecular complexity index is 433. The second-order valence-electron chi connectivity index (χ2n) is 8.67. The molecular weight excluding hydrogens is 260 g/mol. The van der Waals surface area contributed by atoms with E-state index < -0.39 is 5.72 Å². The molecule has 0 aromatic rings. The summed E-state index contributed by atoms with van der Waals surface area (Å²) >= 11 is 0. The van der Waals surface area contributed by atoms with Crippen molar-refractivity contribution in [1.29, 1.82) is 0 Å². The number of nitrogens with zero attached hydrogens (tertiary/aromatic N) is 2. The van der Waals surface area contributed by atoms with E-state index in [0.29, 0.717) is 17.9 Å². The highest BCUT2D eigenvalue weighted by Crippen LogP contribution is 2.53. The first kappa shape index (κ1) is 14.2. The third-order valence-corrected chi connectivity index (χ3v) is 7.30. The zero-order valence-electron chi connectivity index (χ0n) is 13.5. The maximum atomic E-state index is 10.8. The fraction of sp³-hybridized carbons (Fsp3) is 1.00. The minimum absolute atomic E-state index is 0.297. The minimum atomic E-state index is -0.925. The van der Waals surface area contributed by atoms with Gasteiger partial charge in [-0.3, -0.25) is 0 Å². The van der Waals surface area contributed by atoms with E-state index in [1.807, 2.05) is 6.92 Å². The van der Waals surface area contributed by atoms with Crippen LogP contribution in [0.5, 0.6) is 0 Å². The van der Waals surface area contributed by atoms with E-state index in [9.17, 15) is 5.11 Å². The molecular formula is C18H30N2O. The zero-order chi connectivity index (χ0) is 14.6. The fourth-order valence-corrected chi connectivity index (χ4v) is 6.17. The van der Waals surface area contributed by atoms with Gasteiger partial charge in [-0.2, -0.15) is 10.2 Å². The maximum absolute atomic E-state index is 10.8. The van der Waals surface area contributed by atoms with E-state index in [1.54, 1.807) is 0 Å². The van der Waals surface area contributed by atoms with Gasteiger partial charge in [0.1, 0.15) is 0 Å². The van der Waals surface area contributed by atoms with Crippen molar-refractivity contribution in [3.63, 3.8) is 0 Å². The first-order valence-corrected chi connectivity index (χ1v) is 9.17. The van der Waals surface area contributed by atoms with Gasteiger partial charge in [0, 0.05) is 5.92 Å². The number of rotatable bonds is 4. The molecule has 0 heterocycles. The molecule has 118 valence electrons. The third-order valence-electron chi connectivity index (χ3n) is 7.30. The van der Waals surface area contributed by atoms with Gasteiger partial charge in [-0.1, -0.05) is 12.8 Å². The largest absolute Gasteiger partial charge is 0.368 e. The molecule has 4 bridgehead atoms. The predicted molar refractivity (Wildman–Crippen MR) is 82.8 cm³/mol. The summed E-state index contributed by atoms with van der Waals surface area (Å²) in [6, 6.07) is 0.297. The first-order valence-electron chi connectivity index (χ1n) is 9.17. The molecule has 4 rings (SSSR count). The molecule has 0 aromatic heterocycles. The van der Waals surface area contributed by atoms with Crippen LogP contribution >= 0.6 is 0 Å². The predicted octanol–water partition coefficient (Wildman–Crippen LogP) is 4.41. The summed E-state index contributed by atoms with van der Waals surface area (Å²) in [5, 5.41) is 19.9. The summed E-state index contributed by atoms with van der Waals surface area (Å²) in [7, 11) is 0. The topological polar surface area (TPSA) is 45.0 Å². The molecule has 8 unspecified atom stereocenters. The summed E-state index contributed by atoms with van der Waals surface area (Å²) in [6.07, 6.45) is 10.8. The molecule has 3 heteroatoms. The second kappa shape index (κ2) is 5.04. The lowest BCUT2D eigenvalue weighted by atomic mass is 9.82. The van der Waals surface area contributed by atoms with Crippen LogP contribution in [0, 0.1) is 35.5 Å². The summed E-state index contributed by atoms with van der Waals surface area (Å²) in [5.74, 6) is 4.47. The summed E-state index contributed by atoms with van der Waals surface area (Å²) in [5.41, 5.74) is -0.925. The van der Waals surface area contributed by atoms with Gasteiger partial charge in [0.25, 0.3) is 0 Å². The van der Waals surface area contributed by atoms with Gasteiger partial charge in [0.05, 0.1) is 6.04 Å². The van der Waals surface area contributed by atoms with E-state index >= 15 is 0 Å². The average Bonchev–Trinajstić information content (AvgIpc) is 3.22. The molecule has 8 atom stereocenters. The SMILES string of the molecule is CC(N=NC(C)(O)C1CC2CCC1C2)C1CC2CCC1C2. The molecule has 0 spiro atoms. The van der Waals surface area contributed by atoms with E-state index in [4.69, 9.17) is 0 Å². The molecule has 0 aliphatic heterocycles. The molecule has 0 radical (unpaired) electrons. The lowest BCUT2D eigenvalue weighted by Crippen LogP contribution is -2.36. The number of fused-ring (bicyclic) bond motifs is 4. The molecule has 4 saturated carbocycles. The van der Waals surface area contributed by atoms with Crippen molar-refractivity contribution in [1.82, 2.24) is 0 Å². The van der Waals surface area contributed by atoms with Crippen LogP contribution < -0.4 is 0 Å². The van der Waals surface area contributed by atoms with Crippen molar-refractivity contribution in [3.05, 3.63) is 0 Å². The Hall–Kier alpha value is -0.440. The van der Waals surface area contributed by atoms with Crippen LogP contribution in [0.25, 0.3) is 0 Å². The standard InChI is InChI=1S/C18H30N2O/c1-11(16-9-12-3-5-14(16)7-12)19-20-18(2,21)17-10-13-4-6-15(17)8-13/h11-17,21H,3-10H2,1-2H3. The Morgan fingerprint density at radius 1 is 0.952 bits per heavy atom. The average molecular weight is 290 g/mol. The number of hydrogen-bond acceptors (Lipinski definition) is 3. The van der Waals surface area contributed by atoms with Crippen LogP contribution in [-0.4, -0.2) is 16.9 Å². The van der Waals surface area contributed by atoms with E-state index in [0.717, 1.165) is 23.7 Å². The van der Waals surface area contributed by atoms with Gasteiger partial charge in [-0.05, 0) is 82.0 Å². The second-order valence-corrected chi connectivity index (χ2v) is 8.67. The van der Waals surface area contributed by atoms with Crippen molar-refractivity contribution in [2.45, 2.75) is 77.0 Å². The van der Waals surface area contributed by atoms with Crippen molar-refractivity contribution in [2.24, 2.45) is 45.7 Å². The van der Waals surface area contributed by atoms with Gasteiger partial charge in [0.15, 0.2) is 5.72 Å². The van der Waals surface area contributed by atoms with Crippen LogP contribution in [0.4, 0.5) is 0 Å². The molecule has 0 aromatic carbocycles. The van der Waals surface area contributed by atoms with Crippen LogP contribution in [-0.2, 0) is 0 Å². The van der Waals surface area contributed by atoms with Gasteiger partial charge in [-0.15, -0.1) is 0 Å².